The van der Waals surface area contributed by atoms with Gasteiger partial charge in [-0.2, -0.15) is 13.2 Å². The molecule has 1 aliphatic heterocycles. The number of hydrogen-bond donors (Lipinski definition) is 3. The minimum absolute atomic E-state index is 0.164. The van der Waals surface area contributed by atoms with E-state index in [1.165, 1.54) is 12.1 Å². The van der Waals surface area contributed by atoms with Crippen LogP contribution in [-0.4, -0.2) is 53.9 Å². The number of halogens is 6. The monoisotopic (exact) mass is 461 g/mol. The van der Waals surface area contributed by atoms with E-state index in [1.54, 1.807) is 13.0 Å². The van der Waals surface area contributed by atoms with Crippen LogP contribution in [0.15, 0.2) is 30.3 Å². The molecule has 0 radical (unpaired) electrons. The Morgan fingerprint density at radius 2 is 1.81 bits per heavy atom. The molecule has 0 saturated carbocycles. The van der Waals surface area contributed by atoms with E-state index in [0.717, 1.165) is 17.0 Å². The summed E-state index contributed by atoms with van der Waals surface area (Å²) in [6, 6.07) is 5.84. The maximum absolute atomic E-state index is 14.5. The summed E-state index contributed by atoms with van der Waals surface area (Å²) in [5.74, 6) is -4.10. The third-order valence-electron chi connectivity index (χ3n) is 5.01. The number of likely N-dealkylation sites (tertiary alicyclic amines) is 1. The molecular formula is C21H21F6N3O2. The first-order valence-corrected chi connectivity index (χ1v) is 9.69. The number of aryl methyl sites for hydroxylation is 1. The molecule has 1 fully saturated rings. The second-order valence-electron chi connectivity index (χ2n) is 7.82. The lowest BCUT2D eigenvalue weighted by atomic mass is 9.92. The van der Waals surface area contributed by atoms with Crippen molar-refractivity contribution in [3.63, 3.8) is 0 Å². The van der Waals surface area contributed by atoms with Crippen molar-refractivity contribution in [1.29, 1.82) is 0 Å². The van der Waals surface area contributed by atoms with Crippen molar-refractivity contribution in [2.45, 2.75) is 25.1 Å². The summed E-state index contributed by atoms with van der Waals surface area (Å²) in [5.41, 5.74) is -1.85. The smallest absolute Gasteiger partial charge is 0.385 e. The molecule has 3 N–H and O–H groups in total. The van der Waals surface area contributed by atoms with Crippen LogP contribution < -0.4 is 10.6 Å². The van der Waals surface area contributed by atoms with Crippen LogP contribution in [0, 0.1) is 24.4 Å². The Bertz CT molecular complexity index is 1010. The van der Waals surface area contributed by atoms with Gasteiger partial charge >= 0.3 is 6.18 Å². The molecule has 0 spiro atoms. The normalized spacial score (nSPS) is 15.4. The summed E-state index contributed by atoms with van der Waals surface area (Å²) in [7, 11) is 0. The van der Waals surface area contributed by atoms with Crippen LogP contribution in [0.1, 0.15) is 22.3 Å². The molecule has 1 aliphatic rings. The Kier molecular flexibility index (Phi) is 6.70. The van der Waals surface area contributed by atoms with E-state index >= 15 is 0 Å². The lowest BCUT2D eigenvalue weighted by Crippen LogP contribution is -2.67. The molecule has 5 nitrogen and oxygen atoms in total. The molecule has 1 amide bonds. The number of carbonyl (C=O) groups is 1. The predicted molar refractivity (Wildman–Crippen MR) is 105 cm³/mol. The average molecular weight is 461 g/mol. The molecule has 1 saturated heterocycles. The first-order chi connectivity index (χ1) is 14.9. The van der Waals surface area contributed by atoms with E-state index in [-0.39, 0.29) is 37.4 Å². The molecule has 174 valence electrons. The molecule has 3 rings (SSSR count). The van der Waals surface area contributed by atoms with Crippen molar-refractivity contribution < 1.29 is 36.2 Å². The average Bonchev–Trinajstić information content (AvgIpc) is 2.67. The zero-order chi connectivity index (χ0) is 23.7. The highest BCUT2D eigenvalue weighted by Gasteiger charge is 2.44. The van der Waals surface area contributed by atoms with Crippen LogP contribution in [0.2, 0.25) is 0 Å². The van der Waals surface area contributed by atoms with Gasteiger partial charge in [0.15, 0.2) is 11.6 Å². The predicted octanol–water partition coefficient (Wildman–Crippen LogP) is 3.88. The third-order valence-corrected chi connectivity index (χ3v) is 5.01. The number of nitrogens with one attached hydrogen (secondary N) is 2. The van der Waals surface area contributed by atoms with E-state index < -0.39 is 47.2 Å². The van der Waals surface area contributed by atoms with E-state index in [0.29, 0.717) is 5.56 Å². The summed E-state index contributed by atoms with van der Waals surface area (Å²) >= 11 is 0. The number of nitrogens with zero attached hydrogens (tertiary/aromatic N) is 1. The lowest BCUT2D eigenvalue weighted by Gasteiger charge is -2.46. The Balaban J connectivity index is 1.70. The summed E-state index contributed by atoms with van der Waals surface area (Å²) in [5, 5.41) is 15.2. The van der Waals surface area contributed by atoms with Crippen LogP contribution >= 0.6 is 0 Å². The number of rotatable bonds is 7. The number of benzene rings is 2. The van der Waals surface area contributed by atoms with Gasteiger partial charge in [0, 0.05) is 13.1 Å². The number of hydrogen-bond acceptors (Lipinski definition) is 4. The topological polar surface area (TPSA) is 64.6 Å². The molecule has 0 aliphatic carbocycles. The fraction of sp³-hybridized carbons (Fsp3) is 0.381. The molecule has 0 aromatic heterocycles. The van der Waals surface area contributed by atoms with Gasteiger partial charge in [-0.1, -0.05) is 6.07 Å². The summed E-state index contributed by atoms with van der Waals surface area (Å²) in [6.07, 6.45) is -5.39. The maximum atomic E-state index is 14.5. The van der Waals surface area contributed by atoms with Gasteiger partial charge in [0.25, 0.3) is 5.91 Å². The highest BCUT2D eigenvalue weighted by atomic mass is 19.4. The molecule has 0 unspecified atom stereocenters. The van der Waals surface area contributed by atoms with Gasteiger partial charge < -0.3 is 20.6 Å². The maximum Gasteiger partial charge on any atom is 0.390 e. The van der Waals surface area contributed by atoms with Gasteiger partial charge in [-0.15, -0.1) is 0 Å². The third kappa shape index (κ3) is 5.52. The van der Waals surface area contributed by atoms with Gasteiger partial charge in [-0.05, 0) is 36.8 Å². The second kappa shape index (κ2) is 8.99. The number of alkyl halides is 3. The standard InChI is InChI=1S/C21H21F6N3O2/c1-12-2-5-16(15(23)8-12)29-18-13(3-4-14(22)17(18)24)19(31)30-10-20(32,11-30)9-28-7-6-21(25,26)27/h2-5,8,28-29,32H,6-7,9-11H2,1H3. The number of aliphatic hydroxyl groups is 1. The quantitative estimate of drug-likeness (QED) is 0.433. The highest BCUT2D eigenvalue weighted by molar-refractivity contribution is 6.01. The Morgan fingerprint density at radius 1 is 1.12 bits per heavy atom. The van der Waals surface area contributed by atoms with E-state index in [2.05, 4.69) is 10.6 Å². The Hall–Kier alpha value is -2.79. The Morgan fingerprint density at radius 3 is 2.44 bits per heavy atom. The van der Waals surface area contributed by atoms with Crippen LogP contribution in [0.25, 0.3) is 0 Å². The number of anilines is 2. The van der Waals surface area contributed by atoms with E-state index in [1.807, 2.05) is 0 Å². The van der Waals surface area contributed by atoms with Crippen LogP contribution in [0.5, 0.6) is 0 Å². The molecular weight excluding hydrogens is 440 g/mol. The lowest BCUT2D eigenvalue weighted by molar-refractivity contribution is -0.134. The zero-order valence-corrected chi connectivity index (χ0v) is 17.0. The molecule has 11 heteroatoms. The van der Waals surface area contributed by atoms with E-state index in [4.69, 9.17) is 0 Å². The molecule has 2 aromatic rings. The fourth-order valence-electron chi connectivity index (χ4n) is 3.35. The van der Waals surface area contributed by atoms with Gasteiger partial charge in [0.2, 0.25) is 0 Å². The van der Waals surface area contributed by atoms with Crippen molar-refractivity contribution in [2.75, 3.05) is 31.5 Å². The molecule has 32 heavy (non-hydrogen) atoms. The molecule has 1 heterocycles. The van der Waals surface area contributed by atoms with Gasteiger partial charge in [-0.25, -0.2) is 13.2 Å². The van der Waals surface area contributed by atoms with Crippen molar-refractivity contribution >= 4 is 17.3 Å². The first-order valence-electron chi connectivity index (χ1n) is 9.69. The van der Waals surface area contributed by atoms with Crippen LogP contribution in [-0.2, 0) is 0 Å². The minimum Gasteiger partial charge on any atom is -0.385 e. The molecule has 0 bridgehead atoms. The second-order valence-corrected chi connectivity index (χ2v) is 7.82. The first kappa shape index (κ1) is 23.9. The fourth-order valence-corrected chi connectivity index (χ4v) is 3.35. The van der Waals surface area contributed by atoms with Gasteiger partial charge in [-0.3, -0.25) is 4.79 Å². The molecule has 0 atom stereocenters. The number of β-amino-alcohol motifs (C(OH)–C–C–N with tert-alkyl or cyclic N) is 1. The summed E-state index contributed by atoms with van der Waals surface area (Å²) in [4.78, 5) is 13.9. The number of amides is 1. The van der Waals surface area contributed by atoms with E-state index in [9.17, 15) is 36.2 Å². The van der Waals surface area contributed by atoms with Gasteiger partial charge in [0.05, 0.1) is 36.4 Å². The van der Waals surface area contributed by atoms with Crippen LogP contribution in [0.4, 0.5) is 37.7 Å². The zero-order valence-electron chi connectivity index (χ0n) is 17.0. The largest absolute Gasteiger partial charge is 0.390 e. The Labute approximate surface area is 180 Å². The van der Waals surface area contributed by atoms with Crippen LogP contribution in [0.3, 0.4) is 0 Å². The van der Waals surface area contributed by atoms with Crippen molar-refractivity contribution in [2.24, 2.45) is 0 Å². The van der Waals surface area contributed by atoms with Crippen molar-refractivity contribution in [3.8, 4) is 0 Å². The van der Waals surface area contributed by atoms with Crippen molar-refractivity contribution in [1.82, 2.24) is 10.2 Å². The number of carbonyl (C=O) groups excluding carboxylic acids is 1. The SMILES string of the molecule is Cc1ccc(Nc2c(C(=O)N3CC(O)(CNCCC(F)(F)F)C3)ccc(F)c2F)c(F)c1. The summed E-state index contributed by atoms with van der Waals surface area (Å²) in [6.45, 7) is 0.640. The highest BCUT2D eigenvalue weighted by Crippen LogP contribution is 2.31. The molecule has 2 aromatic carbocycles. The van der Waals surface area contributed by atoms with Gasteiger partial charge in [0.1, 0.15) is 11.4 Å². The summed E-state index contributed by atoms with van der Waals surface area (Å²) < 4.78 is 79.0. The minimum atomic E-state index is -4.33. The van der Waals surface area contributed by atoms with Crippen molar-refractivity contribution in [3.05, 3.63) is 58.9 Å².